The Hall–Kier alpha value is -1.69. The Morgan fingerprint density at radius 2 is 2.05 bits per heavy atom. The molecule has 2 rings (SSSR count). The van der Waals surface area contributed by atoms with Crippen LogP contribution in [-0.4, -0.2) is 45.2 Å². The zero-order valence-corrected chi connectivity index (χ0v) is 13.1. The summed E-state index contributed by atoms with van der Waals surface area (Å²) in [7, 11) is 0. The molecule has 114 valence electrons. The fraction of sp³-hybridized carbons (Fsp3) is 0.571. The van der Waals surface area contributed by atoms with Crippen molar-refractivity contribution in [3.8, 4) is 0 Å². The summed E-state index contributed by atoms with van der Waals surface area (Å²) in [4.78, 5) is 26.1. The van der Waals surface area contributed by atoms with E-state index in [1.54, 1.807) is 20.8 Å². The summed E-state index contributed by atoms with van der Waals surface area (Å²) in [6.07, 6.45) is 1.36. The second-order valence-corrected chi connectivity index (χ2v) is 6.32. The quantitative estimate of drug-likeness (QED) is 0.782. The number of rotatable bonds is 2. The van der Waals surface area contributed by atoms with E-state index in [1.165, 1.54) is 17.0 Å². The summed E-state index contributed by atoms with van der Waals surface area (Å²) in [6.45, 7) is 5.91. The van der Waals surface area contributed by atoms with Gasteiger partial charge in [0.25, 0.3) is 5.91 Å². The molecular formula is C14H18ClN3O3. The molecule has 1 amide bonds. The first kappa shape index (κ1) is 15.7. The van der Waals surface area contributed by atoms with Crippen molar-refractivity contribution in [2.45, 2.75) is 45.3 Å². The SMILES string of the molecule is CC(C)(C)OC(=O)[C@@H]1CCCN1C(=O)c1ccc(Cl)nn1. The van der Waals surface area contributed by atoms with E-state index in [0.717, 1.165) is 6.42 Å². The third kappa shape index (κ3) is 3.91. The molecule has 0 saturated carbocycles. The molecule has 0 unspecified atom stereocenters. The molecule has 0 aromatic carbocycles. The van der Waals surface area contributed by atoms with Crippen molar-refractivity contribution in [3.63, 3.8) is 0 Å². The molecule has 0 spiro atoms. The summed E-state index contributed by atoms with van der Waals surface area (Å²) in [6, 6.07) is 2.44. The minimum absolute atomic E-state index is 0.176. The Labute approximate surface area is 128 Å². The zero-order valence-electron chi connectivity index (χ0n) is 12.3. The number of aromatic nitrogens is 2. The van der Waals surface area contributed by atoms with E-state index in [0.29, 0.717) is 13.0 Å². The number of esters is 1. The highest BCUT2D eigenvalue weighted by atomic mass is 35.5. The third-order valence-corrected chi connectivity index (χ3v) is 3.25. The van der Waals surface area contributed by atoms with Crippen LogP contribution in [0.4, 0.5) is 0 Å². The Bertz CT molecular complexity index is 539. The number of ether oxygens (including phenoxy) is 1. The first-order valence-corrected chi connectivity index (χ1v) is 7.19. The van der Waals surface area contributed by atoms with Gasteiger partial charge in [-0.25, -0.2) is 4.79 Å². The average molecular weight is 312 g/mol. The van der Waals surface area contributed by atoms with Gasteiger partial charge in [0.15, 0.2) is 10.8 Å². The van der Waals surface area contributed by atoms with Gasteiger partial charge in [0.2, 0.25) is 0 Å². The van der Waals surface area contributed by atoms with E-state index in [9.17, 15) is 9.59 Å². The molecule has 1 aliphatic heterocycles. The van der Waals surface area contributed by atoms with Gasteiger partial charge >= 0.3 is 5.97 Å². The Balaban J connectivity index is 2.13. The first-order valence-electron chi connectivity index (χ1n) is 6.81. The average Bonchev–Trinajstić information content (AvgIpc) is 2.86. The molecule has 1 aliphatic rings. The molecule has 6 nitrogen and oxygen atoms in total. The van der Waals surface area contributed by atoms with Crippen LogP contribution >= 0.6 is 11.6 Å². The molecule has 7 heteroatoms. The van der Waals surface area contributed by atoms with Gasteiger partial charge in [-0.2, -0.15) is 0 Å². The fourth-order valence-corrected chi connectivity index (χ4v) is 2.30. The van der Waals surface area contributed by atoms with Gasteiger partial charge in [-0.05, 0) is 45.7 Å². The highest BCUT2D eigenvalue weighted by Gasteiger charge is 2.37. The number of carbonyl (C=O) groups excluding carboxylic acids is 2. The van der Waals surface area contributed by atoms with Gasteiger partial charge in [0.1, 0.15) is 11.6 Å². The number of halogens is 1. The highest BCUT2D eigenvalue weighted by molar-refractivity contribution is 6.29. The smallest absolute Gasteiger partial charge is 0.329 e. The van der Waals surface area contributed by atoms with E-state index in [2.05, 4.69) is 10.2 Å². The van der Waals surface area contributed by atoms with Gasteiger partial charge < -0.3 is 9.64 Å². The molecular weight excluding hydrogens is 294 g/mol. The Kier molecular flexibility index (Phi) is 4.46. The van der Waals surface area contributed by atoms with Crippen molar-refractivity contribution in [1.29, 1.82) is 0 Å². The second kappa shape index (κ2) is 5.97. The van der Waals surface area contributed by atoms with Crippen molar-refractivity contribution >= 4 is 23.5 Å². The van der Waals surface area contributed by atoms with Gasteiger partial charge in [-0.1, -0.05) is 11.6 Å². The lowest BCUT2D eigenvalue weighted by Gasteiger charge is -2.27. The Morgan fingerprint density at radius 3 is 2.62 bits per heavy atom. The summed E-state index contributed by atoms with van der Waals surface area (Å²) >= 11 is 5.66. The molecule has 1 aromatic rings. The normalized spacial score (nSPS) is 18.7. The van der Waals surface area contributed by atoms with E-state index in [-0.39, 0.29) is 22.7 Å². The molecule has 0 radical (unpaired) electrons. The van der Waals surface area contributed by atoms with Gasteiger partial charge in [-0.3, -0.25) is 4.79 Å². The topological polar surface area (TPSA) is 72.4 Å². The predicted octanol–water partition coefficient (Wildman–Crippen LogP) is 2.08. The summed E-state index contributed by atoms with van der Waals surface area (Å²) in [5.74, 6) is -0.706. The lowest BCUT2D eigenvalue weighted by molar-refractivity contribution is -0.159. The van der Waals surface area contributed by atoms with Crippen LogP contribution in [0.15, 0.2) is 12.1 Å². The molecule has 0 bridgehead atoms. The largest absolute Gasteiger partial charge is 0.458 e. The van der Waals surface area contributed by atoms with E-state index in [1.807, 2.05) is 0 Å². The van der Waals surface area contributed by atoms with Gasteiger partial charge in [0.05, 0.1) is 0 Å². The fourth-order valence-electron chi connectivity index (χ4n) is 2.20. The monoisotopic (exact) mass is 311 g/mol. The van der Waals surface area contributed by atoms with Crippen molar-refractivity contribution < 1.29 is 14.3 Å². The molecule has 2 heterocycles. The Morgan fingerprint density at radius 1 is 1.33 bits per heavy atom. The minimum atomic E-state index is -0.575. The van der Waals surface area contributed by atoms with Crippen LogP contribution < -0.4 is 0 Å². The predicted molar refractivity (Wildman–Crippen MR) is 76.9 cm³/mol. The summed E-state index contributed by atoms with van der Waals surface area (Å²) in [5, 5.41) is 7.64. The van der Waals surface area contributed by atoms with Crippen molar-refractivity contribution in [3.05, 3.63) is 23.0 Å². The van der Waals surface area contributed by atoms with Crippen LogP contribution in [0.5, 0.6) is 0 Å². The molecule has 1 fully saturated rings. The van der Waals surface area contributed by atoms with Crippen molar-refractivity contribution in [2.75, 3.05) is 6.54 Å². The molecule has 21 heavy (non-hydrogen) atoms. The molecule has 1 atom stereocenters. The van der Waals surface area contributed by atoms with E-state index >= 15 is 0 Å². The summed E-state index contributed by atoms with van der Waals surface area (Å²) < 4.78 is 5.37. The lowest BCUT2D eigenvalue weighted by Crippen LogP contribution is -2.43. The molecule has 1 aromatic heterocycles. The van der Waals surface area contributed by atoms with Crippen molar-refractivity contribution in [2.24, 2.45) is 0 Å². The maximum atomic E-state index is 12.4. The molecule has 0 aliphatic carbocycles. The zero-order chi connectivity index (χ0) is 15.6. The standard InChI is InChI=1S/C14H18ClN3O3/c1-14(2,3)21-13(20)10-5-4-8-18(10)12(19)9-6-7-11(15)17-16-9/h6-7,10H,4-5,8H2,1-3H3/t10-/m0/s1. The van der Waals surface area contributed by atoms with Crippen LogP contribution in [0.2, 0.25) is 5.15 Å². The lowest BCUT2D eigenvalue weighted by atomic mass is 10.1. The van der Waals surface area contributed by atoms with Crippen molar-refractivity contribution in [1.82, 2.24) is 15.1 Å². The van der Waals surface area contributed by atoms with Gasteiger partial charge in [0, 0.05) is 6.54 Å². The number of nitrogens with zero attached hydrogens (tertiary/aromatic N) is 3. The maximum Gasteiger partial charge on any atom is 0.329 e. The maximum absolute atomic E-state index is 12.4. The number of likely N-dealkylation sites (tertiary alicyclic amines) is 1. The van der Waals surface area contributed by atoms with Crippen LogP contribution in [0.3, 0.4) is 0 Å². The minimum Gasteiger partial charge on any atom is -0.458 e. The number of carbonyl (C=O) groups is 2. The third-order valence-electron chi connectivity index (χ3n) is 3.04. The van der Waals surface area contributed by atoms with Crippen LogP contribution in [0, 0.1) is 0 Å². The van der Waals surface area contributed by atoms with Crippen LogP contribution in [0.1, 0.15) is 44.1 Å². The first-order chi connectivity index (χ1) is 9.78. The number of hydrogen-bond acceptors (Lipinski definition) is 5. The van der Waals surface area contributed by atoms with E-state index in [4.69, 9.17) is 16.3 Å². The van der Waals surface area contributed by atoms with Gasteiger partial charge in [-0.15, -0.1) is 10.2 Å². The highest BCUT2D eigenvalue weighted by Crippen LogP contribution is 2.22. The molecule has 0 N–H and O–H groups in total. The van der Waals surface area contributed by atoms with Crippen LogP contribution in [-0.2, 0) is 9.53 Å². The summed E-state index contributed by atoms with van der Waals surface area (Å²) in [5.41, 5.74) is -0.399. The number of hydrogen-bond donors (Lipinski definition) is 0. The number of amides is 1. The van der Waals surface area contributed by atoms with Crippen LogP contribution in [0.25, 0.3) is 0 Å². The van der Waals surface area contributed by atoms with E-state index < -0.39 is 11.6 Å². The second-order valence-electron chi connectivity index (χ2n) is 5.93. The molecule has 1 saturated heterocycles.